The van der Waals surface area contributed by atoms with Crippen molar-refractivity contribution < 1.29 is 29.0 Å². The molecule has 9 atom stereocenters. The average Bonchev–Trinajstić information content (AvgIpc) is 3.38. The molecule has 8 heteroatoms. The monoisotopic (exact) mass is 521 g/mol. The van der Waals surface area contributed by atoms with Crippen LogP contribution in [-0.2, 0) is 23.9 Å². The van der Waals surface area contributed by atoms with Gasteiger partial charge in [-0.1, -0.05) is 57.0 Å². The minimum absolute atomic E-state index is 0.00180. The Labute approximate surface area is 219 Å². The quantitative estimate of drug-likeness (QED) is 0.349. The molecule has 5 aliphatic rings. The third kappa shape index (κ3) is 3.46. The van der Waals surface area contributed by atoms with Gasteiger partial charge in [-0.25, -0.2) is 0 Å². The van der Waals surface area contributed by atoms with Gasteiger partial charge in [-0.05, 0) is 55.8 Å². The summed E-state index contributed by atoms with van der Waals surface area (Å²) in [5.41, 5.74) is -1.87. The Morgan fingerprint density at radius 3 is 2.72 bits per heavy atom. The fourth-order valence-electron chi connectivity index (χ4n) is 9.11. The number of ether oxygens (including phenoxy) is 2. The largest absolute Gasteiger partial charge is 0.481 e. The normalized spacial score (nSPS) is 45.6. The number of carbonyl (C=O) groups excluding carboxylic acids is 1. The molecule has 3 saturated carbocycles. The molecule has 200 valence electrons. The number of fused-ring (bicyclic) bond motifs is 2. The maximum absolute atomic E-state index is 13.5. The molecule has 1 N–H and O–H groups in total. The lowest BCUT2D eigenvalue weighted by molar-refractivity contribution is -0.289. The molecule has 4 aliphatic carbocycles. The molecule has 1 heterocycles. The Morgan fingerprint density at radius 1 is 1.33 bits per heavy atom. The highest BCUT2D eigenvalue weighted by atomic mass is 35.5. The van der Waals surface area contributed by atoms with E-state index in [1.807, 2.05) is 6.92 Å². The van der Waals surface area contributed by atoms with Gasteiger partial charge in [0.25, 0.3) is 0 Å². The highest BCUT2D eigenvalue weighted by Crippen LogP contribution is 2.82. The van der Waals surface area contributed by atoms with Crippen molar-refractivity contribution in [2.75, 3.05) is 26.3 Å². The summed E-state index contributed by atoms with van der Waals surface area (Å²) in [6, 6.07) is 0. The number of carboxylic acids is 1. The lowest BCUT2D eigenvalue weighted by Gasteiger charge is -2.58. The SMILES string of the molecule is C=C(Cl)CON1C[C@H](OCC23C[C@@H]4[C@H](C)CC[C@H]4[C@@]4(C=O)C[C@H]2C=C(C(C)C)[C@@]34C(=O)O)O[C@H](C)C1. The van der Waals surface area contributed by atoms with Gasteiger partial charge in [0.2, 0.25) is 0 Å². The molecule has 0 aromatic heterocycles. The lowest BCUT2D eigenvalue weighted by atomic mass is 9.43. The van der Waals surface area contributed by atoms with Crippen LogP contribution in [0.25, 0.3) is 0 Å². The van der Waals surface area contributed by atoms with Crippen molar-refractivity contribution in [2.24, 2.45) is 45.8 Å². The maximum Gasteiger partial charge on any atom is 0.315 e. The first-order chi connectivity index (χ1) is 17.0. The van der Waals surface area contributed by atoms with Gasteiger partial charge in [0.05, 0.1) is 31.2 Å². The molecule has 0 spiro atoms. The van der Waals surface area contributed by atoms with Crippen molar-refractivity contribution in [2.45, 2.75) is 65.8 Å². The molecule has 4 bridgehead atoms. The topological polar surface area (TPSA) is 85.3 Å². The van der Waals surface area contributed by atoms with Crippen LogP contribution in [0.3, 0.4) is 0 Å². The number of rotatable bonds is 9. The lowest BCUT2D eigenvalue weighted by Crippen LogP contribution is -2.64. The van der Waals surface area contributed by atoms with Crippen molar-refractivity contribution in [3.63, 3.8) is 0 Å². The van der Waals surface area contributed by atoms with E-state index in [1.54, 1.807) is 5.06 Å². The smallest absolute Gasteiger partial charge is 0.315 e. The molecule has 1 unspecified atom stereocenters. The second-order valence-corrected chi connectivity index (χ2v) is 12.8. The van der Waals surface area contributed by atoms with Crippen LogP contribution in [0, 0.1) is 45.8 Å². The number of carbonyl (C=O) groups is 2. The number of carboxylic acid groups (broad SMARTS) is 1. The predicted octanol–water partition coefficient (Wildman–Crippen LogP) is 4.66. The second-order valence-electron chi connectivity index (χ2n) is 12.3. The highest BCUT2D eigenvalue weighted by Gasteiger charge is 2.84. The molecule has 7 nitrogen and oxygen atoms in total. The number of hydrogen-bond acceptors (Lipinski definition) is 6. The van der Waals surface area contributed by atoms with Crippen LogP contribution in [0.2, 0.25) is 0 Å². The van der Waals surface area contributed by atoms with Crippen LogP contribution < -0.4 is 0 Å². The maximum atomic E-state index is 13.5. The number of nitrogens with zero attached hydrogens (tertiary/aromatic N) is 1. The van der Waals surface area contributed by atoms with Gasteiger partial charge in [0.1, 0.15) is 18.3 Å². The zero-order valence-electron chi connectivity index (χ0n) is 21.9. The summed E-state index contributed by atoms with van der Waals surface area (Å²) >= 11 is 5.88. The Kier molecular flexibility index (Phi) is 6.73. The molecule has 1 aliphatic heterocycles. The summed E-state index contributed by atoms with van der Waals surface area (Å²) in [6.45, 7) is 13.4. The van der Waals surface area contributed by atoms with Crippen molar-refractivity contribution in [1.29, 1.82) is 0 Å². The number of morpholine rings is 1. The second kappa shape index (κ2) is 9.19. The van der Waals surface area contributed by atoms with Crippen molar-refractivity contribution >= 4 is 23.9 Å². The molecule has 1 saturated heterocycles. The number of hydroxylamine groups is 2. The van der Waals surface area contributed by atoms with E-state index in [-0.39, 0.29) is 37.1 Å². The van der Waals surface area contributed by atoms with E-state index in [0.29, 0.717) is 36.4 Å². The summed E-state index contributed by atoms with van der Waals surface area (Å²) in [7, 11) is 0. The summed E-state index contributed by atoms with van der Waals surface area (Å²) in [6.07, 6.45) is 5.90. The van der Waals surface area contributed by atoms with Gasteiger partial charge in [0.15, 0.2) is 6.29 Å². The standard InChI is InChI=1S/C28H40ClNO6/c1-16(2)23-8-20-9-26(14-31)22-7-6-17(3)21(22)10-27(20,28(23,26)25(32)33)15-34-24-12-30(11-19(5)36-24)35-13-18(4)29/h8,14,16-17,19-22,24H,4,6-7,9-13,15H2,1-3,5H3,(H,32,33)/t17-,19-,20-,21-,22-,24-,26+,27?,28+/m1/s1. The first-order valence-electron chi connectivity index (χ1n) is 13.4. The van der Waals surface area contributed by atoms with Crippen LogP contribution in [0.4, 0.5) is 0 Å². The highest BCUT2D eigenvalue weighted by molar-refractivity contribution is 6.29. The third-order valence-corrected chi connectivity index (χ3v) is 10.4. The minimum atomic E-state index is -1.24. The van der Waals surface area contributed by atoms with E-state index in [4.69, 9.17) is 25.9 Å². The number of halogens is 1. The van der Waals surface area contributed by atoms with E-state index >= 15 is 0 Å². The summed E-state index contributed by atoms with van der Waals surface area (Å²) < 4.78 is 12.6. The van der Waals surface area contributed by atoms with Crippen LogP contribution in [0.1, 0.15) is 53.4 Å². The van der Waals surface area contributed by atoms with Crippen molar-refractivity contribution in [1.82, 2.24) is 5.06 Å². The molecule has 0 aromatic rings. The third-order valence-electron chi connectivity index (χ3n) is 10.2. The molecule has 4 fully saturated rings. The molecule has 0 aromatic carbocycles. The van der Waals surface area contributed by atoms with Crippen molar-refractivity contribution in [3.05, 3.63) is 23.3 Å². The fraction of sp³-hybridized carbons (Fsp3) is 0.786. The molecule has 0 amide bonds. The first-order valence-corrected chi connectivity index (χ1v) is 13.8. The Morgan fingerprint density at radius 2 is 2.08 bits per heavy atom. The summed E-state index contributed by atoms with van der Waals surface area (Å²) in [5, 5.41) is 13.3. The van der Waals surface area contributed by atoms with Gasteiger partial charge in [-0.15, -0.1) is 0 Å². The molecule has 36 heavy (non-hydrogen) atoms. The number of aliphatic carboxylic acids is 1. The van der Waals surface area contributed by atoms with E-state index in [2.05, 4.69) is 33.4 Å². The van der Waals surface area contributed by atoms with Crippen molar-refractivity contribution in [3.8, 4) is 0 Å². The Bertz CT molecular complexity index is 968. The number of aldehydes is 1. The van der Waals surface area contributed by atoms with Gasteiger partial charge >= 0.3 is 5.97 Å². The van der Waals surface area contributed by atoms with Gasteiger partial charge in [0, 0.05) is 10.4 Å². The Hall–Kier alpha value is -1.25. The van der Waals surface area contributed by atoms with E-state index in [0.717, 1.165) is 31.1 Å². The number of allylic oxidation sites excluding steroid dienone is 1. The minimum Gasteiger partial charge on any atom is -0.481 e. The molecular formula is C28H40ClNO6. The molecule has 5 rings (SSSR count). The van der Waals surface area contributed by atoms with Gasteiger partial charge < -0.3 is 19.4 Å². The average molecular weight is 522 g/mol. The van der Waals surface area contributed by atoms with Crippen LogP contribution in [0.5, 0.6) is 0 Å². The zero-order chi connectivity index (χ0) is 26.0. The van der Waals surface area contributed by atoms with E-state index < -0.39 is 28.5 Å². The zero-order valence-corrected chi connectivity index (χ0v) is 22.6. The Balaban J connectivity index is 1.49. The number of hydrogen-bond donors (Lipinski definition) is 1. The summed E-state index contributed by atoms with van der Waals surface area (Å²) in [5.74, 6) is 0.0936. The molecular weight excluding hydrogens is 482 g/mol. The summed E-state index contributed by atoms with van der Waals surface area (Å²) in [4.78, 5) is 32.4. The van der Waals surface area contributed by atoms with Gasteiger partial charge in [-0.3, -0.25) is 9.63 Å². The van der Waals surface area contributed by atoms with Crippen LogP contribution >= 0.6 is 11.6 Å². The van der Waals surface area contributed by atoms with E-state index in [1.165, 1.54) is 0 Å². The van der Waals surface area contributed by atoms with Crippen LogP contribution in [-0.4, -0.2) is 61.1 Å². The van der Waals surface area contributed by atoms with Crippen LogP contribution in [0.15, 0.2) is 23.3 Å². The molecule has 0 radical (unpaired) electrons. The predicted molar refractivity (Wildman–Crippen MR) is 135 cm³/mol. The first kappa shape index (κ1) is 26.4. The van der Waals surface area contributed by atoms with Gasteiger partial charge in [-0.2, -0.15) is 5.06 Å². The fourth-order valence-corrected chi connectivity index (χ4v) is 9.16. The van der Waals surface area contributed by atoms with E-state index in [9.17, 15) is 14.7 Å².